The van der Waals surface area contributed by atoms with E-state index in [1.807, 2.05) is 18.2 Å². The Morgan fingerprint density at radius 3 is 2.83 bits per heavy atom. The van der Waals surface area contributed by atoms with Crippen molar-refractivity contribution in [3.05, 3.63) is 30.1 Å². The van der Waals surface area contributed by atoms with Crippen LogP contribution in [0.4, 0.5) is 0 Å². The molecule has 0 aromatic carbocycles. The summed E-state index contributed by atoms with van der Waals surface area (Å²) in [5.41, 5.74) is 0.912. The summed E-state index contributed by atoms with van der Waals surface area (Å²) in [5, 5.41) is 0. The van der Waals surface area contributed by atoms with Gasteiger partial charge in [-0.3, -0.25) is 9.78 Å². The highest BCUT2D eigenvalue weighted by Crippen LogP contribution is 1.97. The molecule has 0 saturated carbocycles. The smallest absolute Gasteiger partial charge is 0.219 e. The van der Waals surface area contributed by atoms with E-state index in [9.17, 15) is 4.79 Å². The molecule has 1 rings (SSSR count). The maximum Gasteiger partial charge on any atom is 0.219 e. The van der Waals surface area contributed by atoms with E-state index in [4.69, 9.17) is 0 Å². The maximum absolute atomic E-state index is 10.8. The first-order valence-electron chi connectivity index (χ1n) is 3.82. The van der Waals surface area contributed by atoms with E-state index in [1.165, 1.54) is 0 Å². The van der Waals surface area contributed by atoms with Crippen molar-refractivity contribution in [3.63, 3.8) is 0 Å². The number of hydrogen-bond donors (Lipinski definition) is 0. The van der Waals surface area contributed by atoms with Gasteiger partial charge >= 0.3 is 0 Å². The predicted octanol–water partition coefficient (Wildman–Crippen LogP) is 1.06. The topological polar surface area (TPSA) is 33.2 Å². The monoisotopic (exact) mass is 164 g/mol. The summed E-state index contributed by atoms with van der Waals surface area (Å²) in [6, 6.07) is 5.67. The third-order valence-electron chi connectivity index (χ3n) is 1.66. The minimum Gasteiger partial charge on any atom is -0.340 e. The van der Waals surface area contributed by atoms with Gasteiger partial charge in [0.15, 0.2) is 0 Å². The van der Waals surface area contributed by atoms with Crippen molar-refractivity contribution in [2.24, 2.45) is 0 Å². The van der Waals surface area contributed by atoms with Gasteiger partial charge in [0.2, 0.25) is 5.91 Å². The van der Waals surface area contributed by atoms with E-state index in [-0.39, 0.29) is 5.91 Å². The Kier molecular flexibility index (Phi) is 2.80. The van der Waals surface area contributed by atoms with Gasteiger partial charge in [0, 0.05) is 20.2 Å². The molecular formula is C9H12N2O. The second kappa shape index (κ2) is 3.85. The third-order valence-corrected chi connectivity index (χ3v) is 1.66. The summed E-state index contributed by atoms with van der Waals surface area (Å²) in [6.45, 7) is 2.12. The van der Waals surface area contributed by atoms with Crippen LogP contribution in [0.25, 0.3) is 0 Å². The number of amides is 1. The van der Waals surface area contributed by atoms with Crippen LogP contribution in [0.5, 0.6) is 0 Å². The standard InChI is InChI=1S/C9H12N2O/c1-8(12)11(2)7-9-5-3-4-6-10-9/h3-6H,7H2,1-2H3. The van der Waals surface area contributed by atoms with E-state index in [0.717, 1.165) is 5.69 Å². The van der Waals surface area contributed by atoms with Gasteiger partial charge in [0.1, 0.15) is 0 Å². The summed E-state index contributed by atoms with van der Waals surface area (Å²) < 4.78 is 0. The van der Waals surface area contributed by atoms with Crippen molar-refractivity contribution in [1.29, 1.82) is 0 Å². The Morgan fingerprint density at radius 1 is 1.58 bits per heavy atom. The van der Waals surface area contributed by atoms with E-state index in [2.05, 4.69) is 4.98 Å². The predicted molar refractivity (Wildman–Crippen MR) is 46.4 cm³/mol. The quantitative estimate of drug-likeness (QED) is 0.654. The summed E-state index contributed by atoms with van der Waals surface area (Å²) in [6.07, 6.45) is 1.73. The average molecular weight is 164 g/mol. The van der Waals surface area contributed by atoms with Crippen molar-refractivity contribution < 1.29 is 4.79 Å². The highest BCUT2D eigenvalue weighted by atomic mass is 16.2. The van der Waals surface area contributed by atoms with Crippen LogP contribution in [0.1, 0.15) is 12.6 Å². The molecule has 1 aromatic rings. The summed E-state index contributed by atoms with van der Waals surface area (Å²) in [4.78, 5) is 16.6. The highest BCUT2D eigenvalue weighted by molar-refractivity contribution is 5.72. The fourth-order valence-electron chi connectivity index (χ4n) is 0.846. The Bertz CT molecular complexity index is 258. The van der Waals surface area contributed by atoms with Crippen LogP contribution in [-0.4, -0.2) is 22.8 Å². The van der Waals surface area contributed by atoms with Gasteiger partial charge in [0.25, 0.3) is 0 Å². The lowest BCUT2D eigenvalue weighted by Crippen LogP contribution is -2.23. The summed E-state index contributed by atoms with van der Waals surface area (Å²) >= 11 is 0. The molecule has 64 valence electrons. The Labute approximate surface area is 72.0 Å². The van der Waals surface area contributed by atoms with Crippen molar-refractivity contribution >= 4 is 5.91 Å². The summed E-state index contributed by atoms with van der Waals surface area (Å²) in [7, 11) is 1.76. The van der Waals surface area contributed by atoms with Gasteiger partial charge in [-0.15, -0.1) is 0 Å². The Morgan fingerprint density at radius 2 is 2.33 bits per heavy atom. The van der Waals surface area contributed by atoms with Gasteiger partial charge in [-0.05, 0) is 12.1 Å². The average Bonchev–Trinajstić information content (AvgIpc) is 2.06. The van der Waals surface area contributed by atoms with Gasteiger partial charge in [0.05, 0.1) is 12.2 Å². The molecule has 0 saturated heterocycles. The van der Waals surface area contributed by atoms with Crippen LogP contribution in [0, 0.1) is 0 Å². The first kappa shape index (κ1) is 8.71. The molecule has 12 heavy (non-hydrogen) atoms. The number of carbonyl (C=O) groups excluding carboxylic acids is 1. The largest absolute Gasteiger partial charge is 0.340 e. The minimum absolute atomic E-state index is 0.0562. The van der Waals surface area contributed by atoms with E-state index >= 15 is 0 Å². The van der Waals surface area contributed by atoms with Crippen LogP contribution in [0.15, 0.2) is 24.4 Å². The van der Waals surface area contributed by atoms with Gasteiger partial charge in [-0.2, -0.15) is 0 Å². The molecule has 3 heteroatoms. The van der Waals surface area contributed by atoms with Gasteiger partial charge < -0.3 is 4.90 Å². The van der Waals surface area contributed by atoms with E-state index in [0.29, 0.717) is 6.54 Å². The summed E-state index contributed by atoms with van der Waals surface area (Å²) in [5.74, 6) is 0.0562. The van der Waals surface area contributed by atoms with Gasteiger partial charge in [-0.1, -0.05) is 6.07 Å². The normalized spacial score (nSPS) is 9.50. The van der Waals surface area contributed by atoms with E-state index < -0.39 is 0 Å². The number of hydrogen-bond acceptors (Lipinski definition) is 2. The van der Waals surface area contributed by atoms with Crippen LogP contribution < -0.4 is 0 Å². The fraction of sp³-hybridized carbons (Fsp3) is 0.333. The third kappa shape index (κ3) is 2.34. The first-order valence-corrected chi connectivity index (χ1v) is 3.82. The molecule has 0 bridgehead atoms. The van der Waals surface area contributed by atoms with E-state index in [1.54, 1.807) is 25.1 Å². The molecule has 0 N–H and O–H groups in total. The molecule has 0 atom stereocenters. The molecular weight excluding hydrogens is 152 g/mol. The molecule has 0 spiro atoms. The van der Waals surface area contributed by atoms with Crippen molar-refractivity contribution in [3.8, 4) is 0 Å². The Balaban J connectivity index is 2.58. The zero-order valence-corrected chi connectivity index (χ0v) is 7.32. The van der Waals surface area contributed by atoms with Crippen molar-refractivity contribution in [2.75, 3.05) is 7.05 Å². The molecule has 0 aliphatic carbocycles. The first-order chi connectivity index (χ1) is 5.70. The van der Waals surface area contributed by atoms with Crippen molar-refractivity contribution in [2.45, 2.75) is 13.5 Å². The molecule has 0 unspecified atom stereocenters. The second-order valence-electron chi connectivity index (χ2n) is 2.70. The van der Waals surface area contributed by atoms with Crippen LogP contribution >= 0.6 is 0 Å². The number of carbonyl (C=O) groups is 1. The SMILES string of the molecule is CC(=O)N(C)Cc1ccccn1. The zero-order valence-electron chi connectivity index (χ0n) is 7.32. The Hall–Kier alpha value is -1.38. The lowest BCUT2D eigenvalue weighted by atomic mass is 10.3. The van der Waals surface area contributed by atoms with Crippen LogP contribution in [0.3, 0.4) is 0 Å². The molecule has 0 aliphatic heterocycles. The highest BCUT2D eigenvalue weighted by Gasteiger charge is 2.02. The molecule has 0 aliphatic rings. The minimum atomic E-state index is 0.0562. The second-order valence-corrected chi connectivity index (χ2v) is 2.70. The number of rotatable bonds is 2. The lowest BCUT2D eigenvalue weighted by molar-refractivity contribution is -0.128. The van der Waals surface area contributed by atoms with Crippen LogP contribution in [0.2, 0.25) is 0 Å². The van der Waals surface area contributed by atoms with Crippen LogP contribution in [-0.2, 0) is 11.3 Å². The fourth-order valence-corrected chi connectivity index (χ4v) is 0.846. The molecule has 0 radical (unpaired) electrons. The number of aromatic nitrogens is 1. The number of nitrogens with zero attached hydrogens (tertiary/aromatic N) is 2. The molecule has 1 heterocycles. The van der Waals surface area contributed by atoms with Crippen molar-refractivity contribution in [1.82, 2.24) is 9.88 Å². The lowest BCUT2D eigenvalue weighted by Gasteiger charge is -2.13. The molecule has 0 fully saturated rings. The van der Waals surface area contributed by atoms with Gasteiger partial charge in [-0.25, -0.2) is 0 Å². The molecule has 1 amide bonds. The number of pyridine rings is 1. The zero-order chi connectivity index (χ0) is 8.97. The maximum atomic E-state index is 10.8. The molecule has 1 aromatic heterocycles. The molecule has 3 nitrogen and oxygen atoms in total.